The SMILES string of the molecule is O=C([S-])COc1ccc(Cl)c2cccnc12. The Morgan fingerprint density at radius 3 is 3.00 bits per heavy atom. The second-order valence-electron chi connectivity index (χ2n) is 3.11. The Hall–Kier alpha value is -1.39. The van der Waals surface area contributed by atoms with Crippen LogP contribution in [0.5, 0.6) is 5.75 Å². The molecule has 0 unspecified atom stereocenters. The van der Waals surface area contributed by atoms with Crippen LogP contribution in [0.15, 0.2) is 30.5 Å². The molecule has 0 atom stereocenters. The van der Waals surface area contributed by atoms with Gasteiger partial charge >= 0.3 is 0 Å². The minimum Gasteiger partial charge on any atom is -0.739 e. The lowest BCUT2D eigenvalue weighted by Gasteiger charge is -2.10. The van der Waals surface area contributed by atoms with Gasteiger partial charge in [0.2, 0.25) is 0 Å². The van der Waals surface area contributed by atoms with Crippen molar-refractivity contribution in [3.63, 3.8) is 0 Å². The lowest BCUT2D eigenvalue weighted by Crippen LogP contribution is -2.07. The van der Waals surface area contributed by atoms with Crippen LogP contribution in [0.1, 0.15) is 0 Å². The first-order chi connectivity index (χ1) is 7.68. The first-order valence-electron chi connectivity index (χ1n) is 4.54. The van der Waals surface area contributed by atoms with Crippen molar-refractivity contribution in [1.82, 2.24) is 4.98 Å². The number of nitrogens with zero attached hydrogens (tertiary/aromatic N) is 1. The third-order valence-electron chi connectivity index (χ3n) is 2.02. The molecule has 0 saturated carbocycles. The zero-order chi connectivity index (χ0) is 11.5. The van der Waals surface area contributed by atoms with E-state index in [4.69, 9.17) is 16.3 Å². The molecule has 2 aromatic rings. The maximum atomic E-state index is 10.7. The molecule has 1 heterocycles. The molecule has 0 fully saturated rings. The first-order valence-corrected chi connectivity index (χ1v) is 5.33. The lowest BCUT2D eigenvalue weighted by atomic mass is 10.2. The van der Waals surface area contributed by atoms with Crippen LogP contribution in [0.2, 0.25) is 5.02 Å². The second kappa shape index (κ2) is 4.63. The lowest BCUT2D eigenvalue weighted by molar-refractivity contribution is -0.112. The van der Waals surface area contributed by atoms with Crippen molar-refractivity contribution in [3.8, 4) is 5.75 Å². The van der Waals surface area contributed by atoms with E-state index in [0.717, 1.165) is 5.39 Å². The predicted molar refractivity (Wildman–Crippen MR) is 64.6 cm³/mol. The van der Waals surface area contributed by atoms with E-state index in [-0.39, 0.29) is 6.61 Å². The maximum absolute atomic E-state index is 10.7. The molecule has 0 N–H and O–H groups in total. The Labute approximate surface area is 103 Å². The Morgan fingerprint density at radius 2 is 2.25 bits per heavy atom. The minimum atomic E-state index is -0.445. The second-order valence-corrected chi connectivity index (χ2v) is 3.97. The molecule has 0 aliphatic rings. The number of aromatic nitrogens is 1. The van der Waals surface area contributed by atoms with Crippen LogP contribution in [0, 0.1) is 0 Å². The first kappa shape index (κ1) is 11.1. The van der Waals surface area contributed by atoms with Crippen LogP contribution in [-0.4, -0.2) is 16.7 Å². The molecule has 5 heteroatoms. The number of hydrogen-bond acceptors (Lipinski definition) is 4. The summed E-state index contributed by atoms with van der Waals surface area (Å²) in [5, 5.41) is 0.942. The zero-order valence-corrected chi connectivity index (χ0v) is 9.72. The number of benzene rings is 1. The summed E-state index contributed by atoms with van der Waals surface area (Å²) in [4.78, 5) is 14.8. The minimum absolute atomic E-state index is 0.136. The molecule has 2 rings (SSSR count). The van der Waals surface area contributed by atoms with E-state index in [9.17, 15) is 4.79 Å². The number of carbonyl (C=O) groups is 1. The van der Waals surface area contributed by atoms with Crippen molar-refractivity contribution in [2.24, 2.45) is 0 Å². The number of pyridine rings is 1. The van der Waals surface area contributed by atoms with Gasteiger partial charge in [0.15, 0.2) is 0 Å². The van der Waals surface area contributed by atoms with Gasteiger partial charge in [0, 0.05) is 16.7 Å². The van der Waals surface area contributed by atoms with E-state index >= 15 is 0 Å². The quantitative estimate of drug-likeness (QED) is 0.786. The van der Waals surface area contributed by atoms with Crippen LogP contribution in [0.3, 0.4) is 0 Å². The fourth-order valence-corrected chi connectivity index (χ4v) is 1.64. The molecule has 0 saturated heterocycles. The van der Waals surface area contributed by atoms with E-state index < -0.39 is 5.12 Å². The summed E-state index contributed by atoms with van der Waals surface area (Å²) in [5.41, 5.74) is 0.631. The van der Waals surface area contributed by atoms with E-state index in [1.807, 2.05) is 6.07 Å². The summed E-state index contributed by atoms with van der Waals surface area (Å²) >= 11 is 10.4. The number of fused-ring (bicyclic) bond motifs is 1. The third kappa shape index (κ3) is 2.23. The van der Waals surface area contributed by atoms with Gasteiger partial charge in [-0.1, -0.05) is 11.6 Å². The maximum Gasteiger partial charge on any atom is 0.146 e. The van der Waals surface area contributed by atoms with Gasteiger partial charge in [0.25, 0.3) is 0 Å². The molecule has 0 radical (unpaired) electrons. The Bertz CT molecular complexity index is 544. The van der Waals surface area contributed by atoms with Gasteiger partial charge in [-0.15, -0.1) is 0 Å². The van der Waals surface area contributed by atoms with Crippen LogP contribution in [0.4, 0.5) is 0 Å². The van der Waals surface area contributed by atoms with Gasteiger partial charge < -0.3 is 22.2 Å². The number of hydrogen-bond donors (Lipinski definition) is 0. The van der Waals surface area contributed by atoms with Crippen LogP contribution >= 0.6 is 11.6 Å². The fourth-order valence-electron chi connectivity index (χ4n) is 1.37. The summed E-state index contributed by atoms with van der Waals surface area (Å²) in [7, 11) is 0. The average Bonchev–Trinajstić information content (AvgIpc) is 2.28. The Balaban J connectivity index is 2.46. The highest BCUT2D eigenvalue weighted by molar-refractivity contribution is 7.77. The molecule has 82 valence electrons. The summed E-state index contributed by atoms with van der Waals surface area (Å²) in [5.74, 6) is 0.512. The van der Waals surface area contributed by atoms with Crippen molar-refractivity contribution in [1.29, 1.82) is 0 Å². The summed E-state index contributed by atoms with van der Waals surface area (Å²) in [6.07, 6.45) is 1.64. The number of halogens is 1. The van der Waals surface area contributed by atoms with Crippen LogP contribution in [0.25, 0.3) is 10.9 Å². The highest BCUT2D eigenvalue weighted by atomic mass is 35.5. The largest absolute Gasteiger partial charge is 0.739 e. The number of carbonyl (C=O) groups excluding carboxylic acids is 1. The molecule has 16 heavy (non-hydrogen) atoms. The van der Waals surface area contributed by atoms with E-state index in [0.29, 0.717) is 16.3 Å². The molecular formula is C11H7ClNO2S-. The van der Waals surface area contributed by atoms with Crippen molar-refractivity contribution in [2.45, 2.75) is 0 Å². The molecule has 1 aromatic carbocycles. The smallest absolute Gasteiger partial charge is 0.146 e. The molecule has 0 amide bonds. The van der Waals surface area contributed by atoms with Crippen LogP contribution in [-0.2, 0) is 17.4 Å². The predicted octanol–water partition coefficient (Wildman–Crippen LogP) is 2.34. The molecular weight excluding hydrogens is 246 g/mol. The third-order valence-corrected chi connectivity index (χ3v) is 2.47. The van der Waals surface area contributed by atoms with Crippen molar-refractivity contribution in [2.75, 3.05) is 6.61 Å². The standard InChI is InChI=1S/C11H8ClNO2S/c12-8-3-4-9(15-6-10(14)16)11-7(8)2-1-5-13-11/h1-5H,6H2,(H,14,16)/p-1. The number of ether oxygens (including phenoxy) is 1. The van der Waals surface area contributed by atoms with Crippen molar-refractivity contribution < 1.29 is 9.53 Å². The monoisotopic (exact) mass is 252 g/mol. The molecule has 0 aliphatic carbocycles. The topological polar surface area (TPSA) is 39.2 Å². The molecule has 0 aliphatic heterocycles. The highest BCUT2D eigenvalue weighted by Crippen LogP contribution is 2.29. The van der Waals surface area contributed by atoms with E-state index in [1.54, 1.807) is 24.4 Å². The summed E-state index contributed by atoms with van der Waals surface area (Å²) in [6, 6.07) is 7.01. The molecule has 3 nitrogen and oxygen atoms in total. The van der Waals surface area contributed by atoms with Gasteiger partial charge in [-0.05, 0) is 24.3 Å². The zero-order valence-electron chi connectivity index (χ0n) is 8.14. The Morgan fingerprint density at radius 1 is 1.44 bits per heavy atom. The molecule has 0 spiro atoms. The highest BCUT2D eigenvalue weighted by Gasteiger charge is 2.06. The van der Waals surface area contributed by atoms with Gasteiger partial charge in [0.05, 0.1) is 5.02 Å². The van der Waals surface area contributed by atoms with E-state index in [2.05, 4.69) is 17.6 Å². The normalized spacial score (nSPS) is 10.3. The van der Waals surface area contributed by atoms with Gasteiger partial charge in [-0.2, -0.15) is 0 Å². The van der Waals surface area contributed by atoms with Gasteiger partial charge in [-0.25, -0.2) is 0 Å². The Kier molecular flexibility index (Phi) is 3.22. The van der Waals surface area contributed by atoms with Gasteiger partial charge in [-0.3, -0.25) is 4.98 Å². The molecule has 1 aromatic heterocycles. The number of rotatable bonds is 3. The fraction of sp³-hybridized carbons (Fsp3) is 0.0909. The molecule has 0 bridgehead atoms. The van der Waals surface area contributed by atoms with Gasteiger partial charge in [0.1, 0.15) is 17.9 Å². The van der Waals surface area contributed by atoms with Crippen LogP contribution < -0.4 is 4.74 Å². The summed E-state index contributed by atoms with van der Waals surface area (Å²) in [6.45, 7) is -0.136. The summed E-state index contributed by atoms with van der Waals surface area (Å²) < 4.78 is 5.26. The van der Waals surface area contributed by atoms with Crippen molar-refractivity contribution in [3.05, 3.63) is 35.5 Å². The van der Waals surface area contributed by atoms with Crippen molar-refractivity contribution >= 4 is 40.2 Å². The average molecular weight is 253 g/mol. The van der Waals surface area contributed by atoms with E-state index in [1.165, 1.54) is 0 Å².